The summed E-state index contributed by atoms with van der Waals surface area (Å²) in [5.74, 6) is -1.52. The average Bonchev–Trinajstić information content (AvgIpc) is 3.53. The van der Waals surface area contributed by atoms with Gasteiger partial charge in [0.2, 0.25) is 0 Å². The van der Waals surface area contributed by atoms with E-state index in [1.807, 2.05) is 0 Å². The lowest BCUT2D eigenvalue weighted by Crippen LogP contribution is -2.34. The summed E-state index contributed by atoms with van der Waals surface area (Å²) in [5.41, 5.74) is 1.39. The van der Waals surface area contributed by atoms with Gasteiger partial charge in [-0.05, 0) is 48.6 Å². The van der Waals surface area contributed by atoms with Crippen LogP contribution in [0.4, 0.5) is 4.39 Å². The number of aromatic nitrogens is 2. The molecule has 0 atom stereocenters. The molecule has 3 N–H and O–H groups in total. The highest BCUT2D eigenvalue weighted by Gasteiger charge is 2.31. The number of carbonyl (C=O) groups excluding carboxylic acids is 1. The van der Waals surface area contributed by atoms with E-state index in [0.717, 1.165) is 24.0 Å². The van der Waals surface area contributed by atoms with Crippen LogP contribution >= 0.6 is 0 Å². The average molecular weight is 397 g/mol. The van der Waals surface area contributed by atoms with Crippen LogP contribution in [0, 0.1) is 5.82 Å². The molecule has 0 radical (unpaired) electrons. The lowest BCUT2D eigenvalue weighted by molar-refractivity contribution is 0.0940. The molecule has 0 saturated heterocycles. The molecule has 1 aromatic carbocycles. The maximum atomic E-state index is 13.1. The van der Waals surface area contributed by atoms with Crippen molar-refractivity contribution in [3.05, 3.63) is 69.4 Å². The lowest BCUT2D eigenvalue weighted by atomic mass is 10.1. The van der Waals surface area contributed by atoms with Crippen LogP contribution in [-0.4, -0.2) is 38.8 Å². The summed E-state index contributed by atoms with van der Waals surface area (Å²) in [6, 6.07) is 7.86. The van der Waals surface area contributed by atoms with Crippen LogP contribution in [0.15, 0.2) is 41.3 Å². The Balaban J connectivity index is 1.82. The summed E-state index contributed by atoms with van der Waals surface area (Å²) in [5, 5.41) is 21.9. The molecular weight excluding hydrogens is 377 g/mol. The van der Waals surface area contributed by atoms with Crippen molar-refractivity contribution in [2.24, 2.45) is 0 Å². The van der Waals surface area contributed by atoms with Gasteiger partial charge < -0.3 is 20.1 Å². The van der Waals surface area contributed by atoms with Crippen LogP contribution in [0.5, 0.6) is 5.75 Å². The number of hydrogen-bond acceptors (Lipinski definition) is 5. The minimum atomic E-state index is -0.741. The third-order valence-corrected chi connectivity index (χ3v) is 4.94. The molecule has 1 aliphatic carbocycles. The molecule has 1 amide bonds. The number of aliphatic hydroxyl groups is 1. The van der Waals surface area contributed by atoms with E-state index >= 15 is 0 Å². The SMILES string of the molecule is O=C(NCCO)c1c(O)c2ncc(Cc3ccc(F)cc3)cc2n(C2CC2)c1=O. The second-order valence-corrected chi connectivity index (χ2v) is 7.12. The number of nitrogens with one attached hydrogen (secondary N) is 1. The molecule has 1 aliphatic rings. The minimum absolute atomic E-state index is 0.0246. The van der Waals surface area contributed by atoms with Gasteiger partial charge in [0.15, 0.2) is 5.75 Å². The zero-order chi connectivity index (χ0) is 20.5. The van der Waals surface area contributed by atoms with E-state index in [1.165, 1.54) is 16.7 Å². The smallest absolute Gasteiger partial charge is 0.268 e. The molecule has 0 bridgehead atoms. The Morgan fingerprint density at radius 1 is 1.24 bits per heavy atom. The second-order valence-electron chi connectivity index (χ2n) is 7.12. The Bertz CT molecular complexity index is 1140. The summed E-state index contributed by atoms with van der Waals surface area (Å²) in [7, 11) is 0. The number of hydrogen-bond donors (Lipinski definition) is 3. The number of amides is 1. The van der Waals surface area contributed by atoms with Crippen LogP contribution in [0.3, 0.4) is 0 Å². The summed E-state index contributed by atoms with van der Waals surface area (Å²) < 4.78 is 14.6. The van der Waals surface area contributed by atoms with Gasteiger partial charge in [0.05, 0.1) is 12.1 Å². The fourth-order valence-electron chi connectivity index (χ4n) is 3.40. The number of carbonyl (C=O) groups is 1. The monoisotopic (exact) mass is 397 g/mol. The topological polar surface area (TPSA) is 104 Å². The molecule has 3 aromatic rings. The fourth-order valence-corrected chi connectivity index (χ4v) is 3.40. The third kappa shape index (κ3) is 3.71. The molecule has 1 fully saturated rings. The van der Waals surface area contributed by atoms with Crippen molar-refractivity contribution in [2.45, 2.75) is 25.3 Å². The first-order valence-electron chi connectivity index (χ1n) is 9.39. The number of rotatable bonds is 6. The summed E-state index contributed by atoms with van der Waals surface area (Å²) in [6.07, 6.45) is 3.67. The molecule has 2 aromatic heterocycles. The van der Waals surface area contributed by atoms with Crippen LogP contribution in [0.1, 0.15) is 40.4 Å². The van der Waals surface area contributed by atoms with Crippen molar-refractivity contribution < 1.29 is 19.4 Å². The predicted octanol–water partition coefficient (Wildman–Crippen LogP) is 1.89. The highest BCUT2D eigenvalue weighted by Crippen LogP contribution is 2.38. The van der Waals surface area contributed by atoms with Crippen LogP contribution in [0.25, 0.3) is 11.0 Å². The Morgan fingerprint density at radius 3 is 2.62 bits per heavy atom. The van der Waals surface area contributed by atoms with Crippen LogP contribution in [0.2, 0.25) is 0 Å². The zero-order valence-corrected chi connectivity index (χ0v) is 15.6. The van der Waals surface area contributed by atoms with Crippen molar-refractivity contribution in [3.63, 3.8) is 0 Å². The van der Waals surface area contributed by atoms with E-state index in [0.29, 0.717) is 11.9 Å². The number of nitrogens with zero attached hydrogens (tertiary/aromatic N) is 2. The Labute approximate surface area is 165 Å². The van der Waals surface area contributed by atoms with Gasteiger partial charge >= 0.3 is 0 Å². The molecule has 0 unspecified atom stereocenters. The molecule has 0 spiro atoms. The van der Waals surface area contributed by atoms with Crippen LogP contribution in [-0.2, 0) is 6.42 Å². The van der Waals surface area contributed by atoms with Gasteiger partial charge in [-0.25, -0.2) is 4.39 Å². The maximum Gasteiger partial charge on any atom is 0.268 e. The highest BCUT2D eigenvalue weighted by molar-refractivity contribution is 6.01. The van der Waals surface area contributed by atoms with Gasteiger partial charge in [-0.1, -0.05) is 12.1 Å². The van der Waals surface area contributed by atoms with E-state index in [9.17, 15) is 19.1 Å². The van der Waals surface area contributed by atoms with Crippen molar-refractivity contribution in [1.82, 2.24) is 14.9 Å². The number of aromatic hydroxyl groups is 1. The molecule has 0 aliphatic heterocycles. The zero-order valence-electron chi connectivity index (χ0n) is 15.6. The number of pyridine rings is 2. The summed E-state index contributed by atoms with van der Waals surface area (Å²) in [6.45, 7) is -0.300. The second kappa shape index (κ2) is 7.63. The molecule has 4 rings (SSSR count). The first kappa shape index (κ1) is 19.1. The maximum absolute atomic E-state index is 13.1. The Kier molecular flexibility index (Phi) is 5.02. The standard InChI is InChI=1S/C21H20FN3O4/c22-14-3-1-12(2-4-14)9-13-10-16-18(24-11-13)19(27)17(20(28)23-7-8-26)21(29)25(16)15-5-6-15/h1-4,10-11,15,26-27H,5-9H2,(H,23,28). The van der Waals surface area contributed by atoms with Gasteiger partial charge in [0.1, 0.15) is 16.9 Å². The summed E-state index contributed by atoms with van der Waals surface area (Å²) >= 11 is 0. The molecule has 1 saturated carbocycles. The number of aliphatic hydroxyl groups excluding tert-OH is 1. The Morgan fingerprint density at radius 2 is 1.97 bits per heavy atom. The number of fused-ring (bicyclic) bond motifs is 1. The van der Waals surface area contributed by atoms with Gasteiger partial charge in [-0.3, -0.25) is 14.6 Å². The van der Waals surface area contributed by atoms with Gasteiger partial charge in [-0.15, -0.1) is 0 Å². The van der Waals surface area contributed by atoms with Crippen LogP contribution < -0.4 is 10.9 Å². The van der Waals surface area contributed by atoms with Crippen molar-refractivity contribution >= 4 is 16.9 Å². The number of benzene rings is 1. The van der Waals surface area contributed by atoms with Gasteiger partial charge in [0, 0.05) is 18.8 Å². The molecule has 7 nitrogen and oxygen atoms in total. The predicted molar refractivity (Wildman–Crippen MR) is 105 cm³/mol. The normalized spacial score (nSPS) is 13.6. The largest absolute Gasteiger partial charge is 0.505 e. The molecule has 29 heavy (non-hydrogen) atoms. The lowest BCUT2D eigenvalue weighted by Gasteiger charge is -2.15. The van der Waals surface area contributed by atoms with Crippen molar-refractivity contribution in [1.29, 1.82) is 0 Å². The molecule has 2 heterocycles. The van der Waals surface area contributed by atoms with Crippen molar-refractivity contribution in [3.8, 4) is 5.75 Å². The minimum Gasteiger partial charge on any atom is -0.505 e. The third-order valence-electron chi connectivity index (χ3n) is 4.94. The van der Waals surface area contributed by atoms with Gasteiger partial charge in [0.25, 0.3) is 11.5 Å². The van der Waals surface area contributed by atoms with Gasteiger partial charge in [-0.2, -0.15) is 0 Å². The number of halogens is 1. The quantitative estimate of drug-likeness (QED) is 0.589. The fraction of sp³-hybridized carbons (Fsp3) is 0.286. The van der Waals surface area contributed by atoms with Crippen molar-refractivity contribution in [2.75, 3.05) is 13.2 Å². The first-order chi connectivity index (χ1) is 14.0. The van der Waals surface area contributed by atoms with E-state index < -0.39 is 17.2 Å². The Hall–Kier alpha value is -3.26. The highest BCUT2D eigenvalue weighted by atomic mass is 19.1. The van der Waals surface area contributed by atoms with E-state index in [-0.39, 0.29) is 36.1 Å². The first-order valence-corrected chi connectivity index (χ1v) is 9.39. The molecule has 150 valence electrons. The van der Waals surface area contributed by atoms with E-state index in [1.54, 1.807) is 24.4 Å². The molecule has 8 heteroatoms. The van der Waals surface area contributed by atoms with E-state index in [2.05, 4.69) is 10.3 Å². The summed E-state index contributed by atoms with van der Waals surface area (Å²) in [4.78, 5) is 29.7. The molecular formula is C21H20FN3O4. The van der Waals surface area contributed by atoms with E-state index in [4.69, 9.17) is 5.11 Å².